The first-order valence-electron chi connectivity index (χ1n) is 4.00. The Hall–Kier alpha value is -0.603. The molecular formula is C10H18OSi. The van der Waals surface area contributed by atoms with Gasteiger partial charge in [0.05, 0.1) is 0 Å². The van der Waals surface area contributed by atoms with Gasteiger partial charge in [0, 0.05) is 0 Å². The highest BCUT2D eigenvalue weighted by Crippen LogP contribution is 2.21. The molecule has 0 aliphatic rings. The van der Waals surface area contributed by atoms with Crippen LogP contribution in [0.2, 0.25) is 19.6 Å². The molecule has 12 heavy (non-hydrogen) atoms. The molecule has 0 aliphatic carbocycles. The minimum atomic E-state index is -1.57. The zero-order chi connectivity index (χ0) is 9.83. The van der Waals surface area contributed by atoms with Gasteiger partial charge in [-0.2, -0.15) is 0 Å². The van der Waals surface area contributed by atoms with E-state index in [4.69, 9.17) is 4.43 Å². The molecule has 0 heterocycles. The standard InChI is InChI=1S/C10H18OSi/c1-7-10(8-2,9-3)11-12(4,5)6/h7-9H,1-3H2,4-6H3. The predicted molar refractivity (Wildman–Crippen MR) is 57.8 cm³/mol. The average Bonchev–Trinajstić information content (AvgIpc) is 1.99. The van der Waals surface area contributed by atoms with Crippen LogP contribution in [0.15, 0.2) is 38.0 Å². The number of hydrogen-bond acceptors (Lipinski definition) is 1. The van der Waals surface area contributed by atoms with Crippen molar-refractivity contribution in [2.45, 2.75) is 25.2 Å². The largest absolute Gasteiger partial charge is 0.402 e. The molecule has 2 heteroatoms. The van der Waals surface area contributed by atoms with Crippen LogP contribution in [-0.4, -0.2) is 13.9 Å². The highest BCUT2D eigenvalue weighted by Gasteiger charge is 2.27. The van der Waals surface area contributed by atoms with E-state index in [1.54, 1.807) is 18.2 Å². The van der Waals surface area contributed by atoms with E-state index in [2.05, 4.69) is 39.4 Å². The molecule has 0 bridgehead atoms. The SMILES string of the molecule is C=CC(C=C)(C=C)O[Si](C)(C)C. The molecular weight excluding hydrogens is 164 g/mol. The molecule has 0 N–H and O–H groups in total. The van der Waals surface area contributed by atoms with Gasteiger partial charge in [-0.1, -0.05) is 38.0 Å². The van der Waals surface area contributed by atoms with Crippen LogP contribution in [0.5, 0.6) is 0 Å². The van der Waals surface area contributed by atoms with Crippen LogP contribution in [-0.2, 0) is 4.43 Å². The Labute approximate surface area is 76.6 Å². The van der Waals surface area contributed by atoms with E-state index in [1.807, 2.05) is 0 Å². The first-order valence-corrected chi connectivity index (χ1v) is 7.41. The maximum absolute atomic E-state index is 5.86. The summed E-state index contributed by atoms with van der Waals surface area (Å²) in [5.74, 6) is 0. The third-order valence-electron chi connectivity index (χ3n) is 1.44. The molecule has 0 spiro atoms. The summed E-state index contributed by atoms with van der Waals surface area (Å²) in [5, 5.41) is 0. The van der Waals surface area contributed by atoms with Crippen LogP contribution in [0.3, 0.4) is 0 Å². The lowest BCUT2D eigenvalue weighted by Crippen LogP contribution is -2.38. The zero-order valence-corrected chi connectivity index (χ0v) is 9.26. The van der Waals surface area contributed by atoms with Gasteiger partial charge in [0.15, 0.2) is 8.32 Å². The highest BCUT2D eigenvalue weighted by molar-refractivity contribution is 6.69. The molecule has 0 saturated heterocycles. The van der Waals surface area contributed by atoms with Crippen LogP contribution >= 0.6 is 0 Å². The molecule has 0 radical (unpaired) electrons. The van der Waals surface area contributed by atoms with Gasteiger partial charge in [0.2, 0.25) is 0 Å². The summed E-state index contributed by atoms with van der Waals surface area (Å²) in [7, 11) is -1.57. The summed E-state index contributed by atoms with van der Waals surface area (Å²) < 4.78 is 5.86. The molecule has 0 aliphatic heterocycles. The van der Waals surface area contributed by atoms with Crippen molar-refractivity contribution in [2.24, 2.45) is 0 Å². The Morgan fingerprint density at radius 3 is 1.42 bits per heavy atom. The van der Waals surface area contributed by atoms with Crippen LogP contribution in [0.4, 0.5) is 0 Å². The van der Waals surface area contributed by atoms with Crippen molar-refractivity contribution in [1.29, 1.82) is 0 Å². The minimum absolute atomic E-state index is 0.537. The first kappa shape index (κ1) is 11.4. The predicted octanol–water partition coefficient (Wildman–Crippen LogP) is 3.13. The van der Waals surface area contributed by atoms with Crippen molar-refractivity contribution < 1.29 is 4.43 Å². The smallest absolute Gasteiger partial charge is 0.185 e. The first-order chi connectivity index (χ1) is 5.39. The van der Waals surface area contributed by atoms with E-state index in [-0.39, 0.29) is 0 Å². The fraction of sp³-hybridized carbons (Fsp3) is 0.400. The third-order valence-corrected chi connectivity index (χ3v) is 2.41. The quantitative estimate of drug-likeness (QED) is 0.469. The maximum Gasteiger partial charge on any atom is 0.185 e. The average molecular weight is 182 g/mol. The van der Waals surface area contributed by atoms with Crippen molar-refractivity contribution in [3.8, 4) is 0 Å². The molecule has 1 nitrogen and oxygen atoms in total. The van der Waals surface area contributed by atoms with E-state index in [9.17, 15) is 0 Å². The Balaban J connectivity index is 4.63. The van der Waals surface area contributed by atoms with Crippen molar-refractivity contribution >= 4 is 8.32 Å². The molecule has 0 saturated carbocycles. The van der Waals surface area contributed by atoms with Gasteiger partial charge >= 0.3 is 0 Å². The summed E-state index contributed by atoms with van der Waals surface area (Å²) in [6.07, 6.45) is 5.18. The Morgan fingerprint density at radius 2 is 1.33 bits per heavy atom. The fourth-order valence-electron chi connectivity index (χ4n) is 0.905. The van der Waals surface area contributed by atoms with E-state index in [0.717, 1.165) is 0 Å². The molecule has 0 unspecified atom stereocenters. The van der Waals surface area contributed by atoms with E-state index in [0.29, 0.717) is 0 Å². The van der Waals surface area contributed by atoms with Crippen molar-refractivity contribution in [3.63, 3.8) is 0 Å². The van der Waals surface area contributed by atoms with Crippen molar-refractivity contribution in [2.75, 3.05) is 0 Å². The topological polar surface area (TPSA) is 9.23 Å². The van der Waals surface area contributed by atoms with Gasteiger partial charge in [-0.3, -0.25) is 0 Å². The summed E-state index contributed by atoms with van der Waals surface area (Å²) in [4.78, 5) is 0. The van der Waals surface area contributed by atoms with Crippen LogP contribution in [0.1, 0.15) is 0 Å². The monoisotopic (exact) mass is 182 g/mol. The molecule has 0 aromatic rings. The van der Waals surface area contributed by atoms with Gasteiger partial charge in [-0.15, -0.1) is 0 Å². The fourth-order valence-corrected chi connectivity index (χ4v) is 2.22. The molecule has 0 aromatic carbocycles. The summed E-state index contributed by atoms with van der Waals surface area (Å²) >= 11 is 0. The van der Waals surface area contributed by atoms with Gasteiger partial charge in [-0.25, -0.2) is 0 Å². The number of rotatable bonds is 5. The molecule has 0 atom stereocenters. The number of hydrogen-bond donors (Lipinski definition) is 0. The normalized spacial score (nSPS) is 12.2. The zero-order valence-electron chi connectivity index (χ0n) is 8.26. The maximum atomic E-state index is 5.86. The third kappa shape index (κ3) is 3.20. The van der Waals surface area contributed by atoms with Crippen LogP contribution in [0.25, 0.3) is 0 Å². The molecule has 0 rings (SSSR count). The van der Waals surface area contributed by atoms with Crippen molar-refractivity contribution in [3.05, 3.63) is 38.0 Å². The van der Waals surface area contributed by atoms with Gasteiger partial charge < -0.3 is 4.43 Å². The van der Waals surface area contributed by atoms with E-state index < -0.39 is 13.9 Å². The van der Waals surface area contributed by atoms with Crippen molar-refractivity contribution in [1.82, 2.24) is 0 Å². The second-order valence-corrected chi connectivity index (χ2v) is 8.11. The van der Waals surface area contributed by atoms with Gasteiger partial charge in [0.25, 0.3) is 0 Å². The lowest BCUT2D eigenvalue weighted by molar-refractivity contribution is 0.216. The Kier molecular flexibility index (Phi) is 3.68. The lowest BCUT2D eigenvalue weighted by Gasteiger charge is -2.31. The second kappa shape index (κ2) is 3.87. The van der Waals surface area contributed by atoms with E-state index >= 15 is 0 Å². The molecule has 0 aromatic heterocycles. The van der Waals surface area contributed by atoms with Gasteiger partial charge in [-0.05, 0) is 19.6 Å². The molecule has 0 amide bonds. The lowest BCUT2D eigenvalue weighted by atomic mass is 10.1. The second-order valence-electron chi connectivity index (χ2n) is 3.68. The van der Waals surface area contributed by atoms with E-state index in [1.165, 1.54) is 0 Å². The summed E-state index contributed by atoms with van der Waals surface area (Å²) in [6, 6.07) is 0. The molecule has 0 fully saturated rings. The van der Waals surface area contributed by atoms with Crippen LogP contribution < -0.4 is 0 Å². The minimum Gasteiger partial charge on any atom is -0.402 e. The summed E-state index contributed by atoms with van der Waals surface area (Å²) in [6.45, 7) is 17.5. The molecule has 68 valence electrons. The van der Waals surface area contributed by atoms with Crippen LogP contribution in [0, 0.1) is 0 Å². The van der Waals surface area contributed by atoms with Gasteiger partial charge in [0.1, 0.15) is 5.60 Å². The summed E-state index contributed by atoms with van der Waals surface area (Å²) in [5.41, 5.74) is -0.537. The Morgan fingerprint density at radius 1 is 1.00 bits per heavy atom. The Bertz CT molecular complexity index is 167. The highest BCUT2D eigenvalue weighted by atomic mass is 28.4.